The molecular formula is C21H24N6O2. The molecule has 2 aromatic heterocycles. The zero-order valence-electron chi connectivity index (χ0n) is 16.2. The van der Waals surface area contributed by atoms with Crippen molar-refractivity contribution in [2.45, 2.75) is 44.2 Å². The molecule has 1 aliphatic carbocycles. The lowest BCUT2D eigenvalue weighted by molar-refractivity contribution is 0.0933. The number of pyridine rings is 2. The Hall–Kier alpha value is -3.16. The molecule has 8 heteroatoms. The van der Waals surface area contributed by atoms with Crippen LogP contribution in [-0.4, -0.2) is 47.1 Å². The van der Waals surface area contributed by atoms with E-state index in [0.29, 0.717) is 17.3 Å². The van der Waals surface area contributed by atoms with Gasteiger partial charge >= 0.3 is 6.03 Å². The van der Waals surface area contributed by atoms with Crippen LogP contribution in [0.25, 0.3) is 0 Å². The van der Waals surface area contributed by atoms with Crippen molar-refractivity contribution in [3.63, 3.8) is 0 Å². The first-order valence-corrected chi connectivity index (χ1v) is 10.3. The predicted molar refractivity (Wildman–Crippen MR) is 110 cm³/mol. The highest BCUT2D eigenvalue weighted by molar-refractivity contribution is 6.05. The van der Waals surface area contributed by atoms with Crippen LogP contribution < -0.4 is 20.4 Å². The van der Waals surface area contributed by atoms with Gasteiger partial charge in [-0.1, -0.05) is 18.9 Å². The van der Waals surface area contributed by atoms with Gasteiger partial charge in [0.1, 0.15) is 11.5 Å². The maximum atomic E-state index is 13.1. The second-order valence-corrected chi connectivity index (χ2v) is 7.90. The smallest absolute Gasteiger partial charge is 0.329 e. The molecule has 3 aliphatic rings. The van der Waals surface area contributed by atoms with Gasteiger partial charge in [0, 0.05) is 25.3 Å². The molecule has 8 nitrogen and oxygen atoms in total. The second kappa shape index (κ2) is 7.35. The minimum Gasteiger partial charge on any atom is -0.366 e. The van der Waals surface area contributed by atoms with E-state index in [2.05, 4.69) is 25.5 Å². The Kier molecular flexibility index (Phi) is 4.54. The van der Waals surface area contributed by atoms with Crippen LogP contribution in [0.4, 0.5) is 22.1 Å². The molecule has 29 heavy (non-hydrogen) atoms. The normalized spacial score (nSPS) is 20.5. The van der Waals surface area contributed by atoms with Crippen LogP contribution in [0.1, 0.15) is 42.6 Å². The molecule has 0 unspecified atom stereocenters. The van der Waals surface area contributed by atoms with Crippen molar-refractivity contribution in [1.82, 2.24) is 15.3 Å². The number of carbonyl (C=O) groups is 2. The van der Waals surface area contributed by atoms with Crippen molar-refractivity contribution in [3.8, 4) is 0 Å². The predicted octanol–water partition coefficient (Wildman–Crippen LogP) is 2.78. The Morgan fingerprint density at radius 2 is 1.93 bits per heavy atom. The molecule has 0 spiro atoms. The maximum absolute atomic E-state index is 13.1. The van der Waals surface area contributed by atoms with Gasteiger partial charge in [0.05, 0.1) is 11.7 Å². The van der Waals surface area contributed by atoms with Crippen molar-refractivity contribution in [3.05, 3.63) is 42.2 Å². The number of hydrogen-bond donors (Lipinski definition) is 2. The van der Waals surface area contributed by atoms with Crippen molar-refractivity contribution in [1.29, 1.82) is 0 Å². The van der Waals surface area contributed by atoms with Crippen LogP contribution in [0, 0.1) is 0 Å². The molecular weight excluding hydrogens is 368 g/mol. The van der Waals surface area contributed by atoms with Crippen LogP contribution in [-0.2, 0) is 0 Å². The van der Waals surface area contributed by atoms with E-state index in [1.807, 2.05) is 12.1 Å². The average molecular weight is 392 g/mol. The van der Waals surface area contributed by atoms with Crippen LogP contribution in [0.5, 0.6) is 0 Å². The first-order chi connectivity index (χ1) is 14.2. The standard InChI is InChI=1S/C21H24N6O2/c28-20(23-14-5-1-2-6-14)16-8-9-17-19(24-16)27(15-10-12-26(17)13-15)21(29)25-18-7-3-4-11-22-18/h3-4,7-9,11,14-15H,1-2,5-6,10,12-13H2,(H,23,28)(H,22,25,29)/t15-/m0/s1. The van der Waals surface area contributed by atoms with E-state index in [1.54, 1.807) is 29.3 Å². The molecule has 150 valence electrons. The van der Waals surface area contributed by atoms with Gasteiger partial charge in [-0.3, -0.25) is 15.0 Å². The Bertz CT molecular complexity index is 928. The maximum Gasteiger partial charge on any atom is 0.329 e. The molecule has 3 amide bonds. The molecule has 1 saturated carbocycles. The summed E-state index contributed by atoms with van der Waals surface area (Å²) < 4.78 is 0. The summed E-state index contributed by atoms with van der Waals surface area (Å²) in [5, 5.41) is 5.94. The number of nitrogens with zero attached hydrogens (tertiary/aromatic N) is 4. The Morgan fingerprint density at radius 3 is 2.72 bits per heavy atom. The minimum atomic E-state index is -0.266. The SMILES string of the molecule is O=C(NC1CCCC1)c1ccc2c(n1)N(C(=O)Nc1ccccn1)[C@H]1CCN2C1. The number of urea groups is 1. The Morgan fingerprint density at radius 1 is 1.07 bits per heavy atom. The molecule has 0 radical (unpaired) electrons. The van der Waals surface area contributed by atoms with Gasteiger partial charge in [0.25, 0.3) is 5.91 Å². The molecule has 2 fully saturated rings. The molecule has 2 aromatic rings. The molecule has 2 N–H and O–H groups in total. The van der Waals surface area contributed by atoms with Crippen LogP contribution in [0.3, 0.4) is 0 Å². The van der Waals surface area contributed by atoms with E-state index in [-0.39, 0.29) is 24.0 Å². The highest BCUT2D eigenvalue weighted by Gasteiger charge is 2.40. The highest BCUT2D eigenvalue weighted by atomic mass is 16.2. The second-order valence-electron chi connectivity index (χ2n) is 7.90. The largest absolute Gasteiger partial charge is 0.366 e. The molecule has 2 bridgehead atoms. The van der Waals surface area contributed by atoms with Crippen LogP contribution in [0.15, 0.2) is 36.5 Å². The Labute approximate surface area is 169 Å². The van der Waals surface area contributed by atoms with Crippen LogP contribution in [0.2, 0.25) is 0 Å². The summed E-state index contributed by atoms with van der Waals surface area (Å²) in [6, 6.07) is 9.05. The highest BCUT2D eigenvalue weighted by Crippen LogP contribution is 2.39. The van der Waals surface area contributed by atoms with Gasteiger partial charge in [-0.25, -0.2) is 14.8 Å². The number of fused-ring (bicyclic) bond motifs is 4. The fourth-order valence-corrected chi connectivity index (χ4v) is 4.53. The zero-order valence-corrected chi connectivity index (χ0v) is 16.2. The van der Waals surface area contributed by atoms with Gasteiger partial charge in [0.2, 0.25) is 0 Å². The van der Waals surface area contributed by atoms with Crippen molar-refractivity contribution in [2.75, 3.05) is 28.2 Å². The topological polar surface area (TPSA) is 90.5 Å². The van der Waals surface area contributed by atoms with Gasteiger partial charge < -0.3 is 10.2 Å². The Balaban J connectivity index is 1.43. The van der Waals surface area contributed by atoms with Gasteiger partial charge in [-0.2, -0.15) is 0 Å². The first kappa shape index (κ1) is 17.9. The summed E-state index contributed by atoms with van der Waals surface area (Å²) in [7, 11) is 0. The van der Waals surface area contributed by atoms with Gasteiger partial charge in [-0.05, 0) is 43.5 Å². The number of nitrogens with one attached hydrogen (secondary N) is 2. The number of rotatable bonds is 3. The molecule has 0 aromatic carbocycles. The lowest BCUT2D eigenvalue weighted by Gasteiger charge is -2.35. The average Bonchev–Trinajstić information content (AvgIpc) is 3.39. The fraction of sp³-hybridized carbons (Fsp3) is 0.429. The lowest BCUT2D eigenvalue weighted by Crippen LogP contribution is -2.48. The van der Waals surface area contributed by atoms with Crippen molar-refractivity contribution >= 4 is 29.3 Å². The summed E-state index contributed by atoms with van der Waals surface area (Å²) in [4.78, 5) is 38.5. The number of carbonyl (C=O) groups excluding carboxylic acids is 2. The molecule has 5 rings (SSSR count). The van der Waals surface area contributed by atoms with Crippen LogP contribution >= 0.6 is 0 Å². The van der Waals surface area contributed by atoms with Crippen molar-refractivity contribution < 1.29 is 9.59 Å². The molecule has 2 aliphatic heterocycles. The van der Waals surface area contributed by atoms with E-state index >= 15 is 0 Å². The first-order valence-electron chi connectivity index (χ1n) is 10.3. The number of amides is 3. The summed E-state index contributed by atoms with van der Waals surface area (Å²) in [6.07, 6.45) is 6.86. The van der Waals surface area contributed by atoms with Crippen molar-refractivity contribution in [2.24, 2.45) is 0 Å². The molecule has 4 heterocycles. The third-order valence-electron chi connectivity index (χ3n) is 5.99. The monoisotopic (exact) mass is 392 g/mol. The third kappa shape index (κ3) is 3.39. The summed E-state index contributed by atoms with van der Waals surface area (Å²) >= 11 is 0. The van der Waals surface area contributed by atoms with E-state index in [9.17, 15) is 9.59 Å². The van der Waals surface area contributed by atoms with E-state index in [1.165, 1.54) is 0 Å². The van der Waals surface area contributed by atoms with E-state index in [4.69, 9.17) is 0 Å². The molecule has 1 saturated heterocycles. The zero-order chi connectivity index (χ0) is 19.8. The summed E-state index contributed by atoms with van der Waals surface area (Å²) in [5.41, 5.74) is 1.25. The van der Waals surface area contributed by atoms with Gasteiger partial charge in [0.15, 0.2) is 5.82 Å². The summed E-state index contributed by atoms with van der Waals surface area (Å²) in [6.45, 7) is 1.65. The quantitative estimate of drug-likeness (QED) is 0.838. The summed E-state index contributed by atoms with van der Waals surface area (Å²) in [5.74, 6) is 0.874. The minimum absolute atomic E-state index is 0.0341. The number of hydrogen-bond acceptors (Lipinski definition) is 5. The number of anilines is 3. The fourth-order valence-electron chi connectivity index (χ4n) is 4.53. The third-order valence-corrected chi connectivity index (χ3v) is 5.99. The van der Waals surface area contributed by atoms with E-state index < -0.39 is 0 Å². The number of aromatic nitrogens is 2. The molecule has 1 atom stereocenters. The van der Waals surface area contributed by atoms with E-state index in [0.717, 1.165) is 50.9 Å². The van der Waals surface area contributed by atoms with Gasteiger partial charge in [-0.15, -0.1) is 0 Å². The lowest BCUT2D eigenvalue weighted by atomic mass is 10.1.